The van der Waals surface area contributed by atoms with Crippen LogP contribution in [0.15, 0.2) is 30.5 Å². The van der Waals surface area contributed by atoms with Crippen molar-refractivity contribution in [3.05, 3.63) is 41.7 Å². The third kappa shape index (κ3) is 3.76. The summed E-state index contributed by atoms with van der Waals surface area (Å²) in [5, 5.41) is 11.4. The zero-order valence-electron chi connectivity index (χ0n) is 17.5. The Bertz CT molecular complexity index is 1330. The Morgan fingerprint density at radius 2 is 1.97 bits per heavy atom. The highest BCUT2D eigenvalue weighted by atomic mass is 32.1. The Balaban J connectivity index is 1.49. The average Bonchev–Trinajstić information content (AvgIpc) is 3.35. The topological polar surface area (TPSA) is 102 Å². The number of nitrogens with one attached hydrogen (secondary N) is 2. The van der Waals surface area contributed by atoms with Crippen molar-refractivity contribution >= 4 is 55.2 Å². The summed E-state index contributed by atoms with van der Waals surface area (Å²) in [5.74, 6) is 0.0624. The van der Waals surface area contributed by atoms with Gasteiger partial charge in [-0.25, -0.2) is 14.6 Å². The SMILES string of the molecule is CC(=O)Nc1ccc2nc(NC(=O)c3cc(C4CC4)nc4c3cnn4C(C)C)sc2c1. The van der Waals surface area contributed by atoms with Crippen molar-refractivity contribution in [2.75, 3.05) is 10.6 Å². The van der Waals surface area contributed by atoms with E-state index in [0.29, 0.717) is 22.3 Å². The molecule has 0 atom stereocenters. The summed E-state index contributed by atoms with van der Waals surface area (Å²) < 4.78 is 2.74. The van der Waals surface area contributed by atoms with Crippen molar-refractivity contribution < 1.29 is 9.59 Å². The Labute approximate surface area is 182 Å². The maximum Gasteiger partial charge on any atom is 0.258 e. The third-order valence-corrected chi connectivity index (χ3v) is 6.18. The molecular weight excluding hydrogens is 412 g/mol. The monoisotopic (exact) mass is 434 g/mol. The van der Waals surface area contributed by atoms with Crippen LogP contribution >= 0.6 is 11.3 Å². The van der Waals surface area contributed by atoms with E-state index in [2.05, 4.69) is 20.7 Å². The van der Waals surface area contributed by atoms with Gasteiger partial charge in [-0.1, -0.05) is 11.3 Å². The Hall–Kier alpha value is -3.33. The highest BCUT2D eigenvalue weighted by Crippen LogP contribution is 2.40. The molecule has 1 fully saturated rings. The number of carbonyl (C=O) groups is 2. The molecule has 1 aromatic carbocycles. The number of benzene rings is 1. The highest BCUT2D eigenvalue weighted by molar-refractivity contribution is 7.22. The van der Waals surface area contributed by atoms with E-state index >= 15 is 0 Å². The van der Waals surface area contributed by atoms with Crippen LogP contribution in [0, 0.1) is 0 Å². The van der Waals surface area contributed by atoms with Crippen LogP contribution < -0.4 is 10.6 Å². The fraction of sp³-hybridized carbons (Fsp3) is 0.318. The molecule has 0 aliphatic heterocycles. The minimum Gasteiger partial charge on any atom is -0.326 e. The second kappa shape index (κ2) is 7.42. The molecular formula is C22H22N6O2S. The second-order valence-corrected chi connectivity index (χ2v) is 9.16. The third-order valence-electron chi connectivity index (χ3n) is 5.25. The lowest BCUT2D eigenvalue weighted by Gasteiger charge is -2.10. The molecule has 0 spiro atoms. The first kappa shape index (κ1) is 19.6. The van der Waals surface area contributed by atoms with Crippen molar-refractivity contribution in [3.63, 3.8) is 0 Å². The van der Waals surface area contributed by atoms with Crippen LogP contribution in [0.1, 0.15) is 61.6 Å². The number of pyridine rings is 1. The van der Waals surface area contributed by atoms with Crippen LogP contribution in [-0.2, 0) is 4.79 Å². The number of anilines is 2. The van der Waals surface area contributed by atoms with Gasteiger partial charge in [0, 0.05) is 30.3 Å². The number of nitrogens with zero attached hydrogens (tertiary/aromatic N) is 4. The van der Waals surface area contributed by atoms with Gasteiger partial charge in [0.25, 0.3) is 5.91 Å². The Kier molecular flexibility index (Phi) is 4.70. The maximum absolute atomic E-state index is 13.2. The number of carbonyl (C=O) groups excluding carboxylic acids is 2. The number of hydrogen-bond donors (Lipinski definition) is 2. The van der Waals surface area contributed by atoms with Gasteiger partial charge in [-0.2, -0.15) is 5.10 Å². The normalized spacial score (nSPS) is 13.8. The lowest BCUT2D eigenvalue weighted by atomic mass is 10.1. The maximum atomic E-state index is 13.2. The van der Waals surface area contributed by atoms with Crippen LogP contribution in [0.3, 0.4) is 0 Å². The van der Waals surface area contributed by atoms with E-state index in [-0.39, 0.29) is 17.9 Å². The van der Waals surface area contributed by atoms with Crippen molar-refractivity contribution in [1.82, 2.24) is 19.7 Å². The van der Waals surface area contributed by atoms with Gasteiger partial charge in [0.05, 0.1) is 27.4 Å². The number of thiazole rings is 1. The van der Waals surface area contributed by atoms with Gasteiger partial charge < -0.3 is 5.32 Å². The molecule has 31 heavy (non-hydrogen) atoms. The van der Waals surface area contributed by atoms with E-state index in [1.54, 1.807) is 12.3 Å². The predicted molar refractivity (Wildman–Crippen MR) is 122 cm³/mol. The standard InChI is InChI=1S/C22H22N6O2S/c1-11(2)28-20-16(10-23-28)15(9-18(25-20)13-4-5-13)21(30)27-22-26-17-7-6-14(24-12(3)29)8-19(17)31-22/h6-11,13H,4-5H2,1-3H3,(H,24,29)(H,26,27,30). The van der Waals surface area contributed by atoms with Crippen molar-refractivity contribution in [1.29, 1.82) is 0 Å². The van der Waals surface area contributed by atoms with Gasteiger partial charge >= 0.3 is 0 Å². The molecule has 9 heteroatoms. The molecule has 0 unspecified atom stereocenters. The van der Waals surface area contributed by atoms with Gasteiger partial charge in [0.15, 0.2) is 10.8 Å². The molecule has 0 saturated heterocycles. The van der Waals surface area contributed by atoms with E-state index in [0.717, 1.165) is 39.8 Å². The number of aromatic nitrogens is 4. The summed E-state index contributed by atoms with van der Waals surface area (Å²) in [6, 6.07) is 7.52. The largest absolute Gasteiger partial charge is 0.326 e. The molecule has 3 aromatic heterocycles. The molecule has 3 heterocycles. The first-order valence-electron chi connectivity index (χ1n) is 10.3. The minimum atomic E-state index is -0.223. The number of fused-ring (bicyclic) bond motifs is 2. The zero-order valence-corrected chi connectivity index (χ0v) is 18.3. The fourth-order valence-corrected chi connectivity index (χ4v) is 4.52. The Morgan fingerprint density at radius 1 is 1.16 bits per heavy atom. The number of rotatable bonds is 5. The molecule has 8 nitrogen and oxygen atoms in total. The molecule has 2 N–H and O–H groups in total. The predicted octanol–water partition coefficient (Wildman–Crippen LogP) is 4.71. The molecule has 0 bridgehead atoms. The molecule has 1 aliphatic carbocycles. The van der Waals surface area contributed by atoms with Crippen molar-refractivity contribution in [2.45, 2.75) is 45.6 Å². The summed E-state index contributed by atoms with van der Waals surface area (Å²) in [4.78, 5) is 33.8. The van der Waals surface area contributed by atoms with Crippen molar-refractivity contribution in [3.8, 4) is 0 Å². The van der Waals surface area contributed by atoms with E-state index in [4.69, 9.17) is 4.98 Å². The Morgan fingerprint density at radius 3 is 2.68 bits per heavy atom. The quantitative estimate of drug-likeness (QED) is 0.474. The van der Waals surface area contributed by atoms with Gasteiger partial charge in [-0.05, 0) is 51.0 Å². The van der Waals surface area contributed by atoms with Crippen LogP contribution in [0.4, 0.5) is 10.8 Å². The zero-order chi connectivity index (χ0) is 21.7. The van der Waals surface area contributed by atoms with E-state index in [9.17, 15) is 9.59 Å². The first-order chi connectivity index (χ1) is 14.9. The van der Waals surface area contributed by atoms with Gasteiger partial charge in [-0.3, -0.25) is 14.9 Å². The van der Waals surface area contributed by atoms with E-state index < -0.39 is 0 Å². The average molecular weight is 435 g/mol. The highest BCUT2D eigenvalue weighted by Gasteiger charge is 2.28. The molecule has 2 amide bonds. The second-order valence-electron chi connectivity index (χ2n) is 8.13. The molecule has 1 saturated carbocycles. The summed E-state index contributed by atoms with van der Waals surface area (Å²) >= 11 is 1.37. The minimum absolute atomic E-state index is 0.132. The number of amides is 2. The number of hydrogen-bond acceptors (Lipinski definition) is 6. The van der Waals surface area contributed by atoms with Crippen LogP contribution in [-0.4, -0.2) is 31.6 Å². The lowest BCUT2D eigenvalue weighted by molar-refractivity contribution is -0.114. The summed E-state index contributed by atoms with van der Waals surface area (Å²) in [6.07, 6.45) is 3.92. The van der Waals surface area contributed by atoms with E-state index in [1.165, 1.54) is 18.3 Å². The smallest absolute Gasteiger partial charge is 0.258 e. The summed E-state index contributed by atoms with van der Waals surface area (Å²) in [5.41, 5.74) is 3.73. The summed E-state index contributed by atoms with van der Waals surface area (Å²) in [6.45, 7) is 5.57. The van der Waals surface area contributed by atoms with Crippen LogP contribution in [0.5, 0.6) is 0 Å². The van der Waals surface area contributed by atoms with Crippen molar-refractivity contribution in [2.24, 2.45) is 0 Å². The van der Waals surface area contributed by atoms with E-state index in [1.807, 2.05) is 36.7 Å². The summed E-state index contributed by atoms with van der Waals surface area (Å²) in [7, 11) is 0. The van der Waals surface area contributed by atoms with Gasteiger partial charge in [0.1, 0.15) is 0 Å². The van der Waals surface area contributed by atoms with Crippen LogP contribution in [0.25, 0.3) is 21.3 Å². The fourth-order valence-electron chi connectivity index (χ4n) is 3.61. The first-order valence-corrected chi connectivity index (χ1v) is 11.1. The molecule has 5 rings (SSSR count). The van der Waals surface area contributed by atoms with Gasteiger partial charge in [0.2, 0.25) is 5.91 Å². The lowest BCUT2D eigenvalue weighted by Crippen LogP contribution is -2.13. The van der Waals surface area contributed by atoms with Gasteiger partial charge in [-0.15, -0.1) is 0 Å². The molecule has 1 aliphatic rings. The molecule has 158 valence electrons. The molecule has 4 aromatic rings. The molecule has 0 radical (unpaired) electrons. The van der Waals surface area contributed by atoms with Crippen LogP contribution in [0.2, 0.25) is 0 Å².